The first-order valence-electron chi connectivity index (χ1n) is 12.0. The molecular formula is C26H35NO7S. The maximum absolute atomic E-state index is 12.5. The highest BCUT2D eigenvalue weighted by Crippen LogP contribution is 2.43. The number of esters is 1. The Morgan fingerprint density at radius 3 is 2.63 bits per heavy atom. The third kappa shape index (κ3) is 6.59. The van der Waals surface area contributed by atoms with Gasteiger partial charge in [-0.2, -0.15) is 0 Å². The second-order valence-electron chi connectivity index (χ2n) is 8.96. The van der Waals surface area contributed by atoms with Crippen LogP contribution in [0, 0.1) is 12.8 Å². The summed E-state index contributed by atoms with van der Waals surface area (Å²) in [5.41, 5.74) is 3.63. The molecule has 8 nitrogen and oxygen atoms in total. The van der Waals surface area contributed by atoms with Crippen LogP contribution in [0.2, 0.25) is 0 Å². The lowest BCUT2D eigenvalue weighted by atomic mass is 9.93. The molecule has 0 aliphatic carbocycles. The average Bonchev–Trinajstić information content (AvgIpc) is 3.24. The summed E-state index contributed by atoms with van der Waals surface area (Å²) in [4.78, 5) is 26.7. The van der Waals surface area contributed by atoms with Crippen molar-refractivity contribution in [2.24, 2.45) is 5.92 Å². The topological polar surface area (TPSA) is 94.5 Å². The van der Waals surface area contributed by atoms with E-state index in [4.69, 9.17) is 31.2 Å². The molecule has 1 aromatic rings. The van der Waals surface area contributed by atoms with Crippen LogP contribution in [0.25, 0.3) is 0 Å². The fraction of sp³-hybridized carbons (Fsp3) is 0.577. The van der Waals surface area contributed by atoms with Crippen molar-refractivity contribution in [2.75, 3.05) is 40.0 Å². The number of hydrogen-bond donors (Lipinski definition) is 1. The molecule has 1 atom stereocenters. The molecule has 2 aliphatic rings. The van der Waals surface area contributed by atoms with E-state index in [1.54, 1.807) is 7.11 Å². The summed E-state index contributed by atoms with van der Waals surface area (Å²) >= 11 is 5.32. The molecule has 1 saturated heterocycles. The Labute approximate surface area is 212 Å². The Morgan fingerprint density at radius 1 is 1.29 bits per heavy atom. The third-order valence-corrected chi connectivity index (χ3v) is 6.97. The number of methoxy groups -OCH3 is 1. The molecule has 0 amide bonds. The van der Waals surface area contributed by atoms with Crippen molar-refractivity contribution < 1.29 is 33.6 Å². The molecule has 3 rings (SSSR count). The van der Waals surface area contributed by atoms with Gasteiger partial charge in [0.1, 0.15) is 23.7 Å². The number of rotatable bonds is 11. The smallest absolute Gasteiger partial charge is 0.342 e. The fourth-order valence-electron chi connectivity index (χ4n) is 4.53. The second-order valence-corrected chi connectivity index (χ2v) is 9.42. The molecule has 0 spiro atoms. The number of carbonyl (C=O) groups excluding carboxylic acids is 1. The van der Waals surface area contributed by atoms with Crippen LogP contribution < -0.4 is 9.47 Å². The number of carboxylic acid groups (broad SMARTS) is 1. The lowest BCUT2D eigenvalue weighted by molar-refractivity contribution is -0.142. The molecule has 1 N–H and O–H groups in total. The SMILES string of the molecule is CCC(=S)Oc1c(CC=C(C)CC(CCN2CCOCC2)C(=O)O)c(OC)c(C)c2c1C(=O)OC2. The van der Waals surface area contributed by atoms with Crippen molar-refractivity contribution in [2.45, 2.75) is 53.1 Å². The minimum atomic E-state index is -0.794. The minimum Gasteiger partial charge on any atom is -0.496 e. The molecule has 2 aliphatic heterocycles. The van der Waals surface area contributed by atoms with Crippen molar-refractivity contribution in [1.82, 2.24) is 4.90 Å². The van der Waals surface area contributed by atoms with Gasteiger partial charge in [0, 0.05) is 30.6 Å². The first kappa shape index (κ1) is 27.1. The highest BCUT2D eigenvalue weighted by molar-refractivity contribution is 7.80. The van der Waals surface area contributed by atoms with Crippen LogP contribution in [-0.2, 0) is 27.3 Å². The number of morpholine rings is 1. The molecule has 0 saturated carbocycles. The molecule has 192 valence electrons. The fourth-order valence-corrected chi connectivity index (χ4v) is 4.62. The summed E-state index contributed by atoms with van der Waals surface area (Å²) in [6, 6.07) is 0. The van der Waals surface area contributed by atoms with Crippen LogP contribution in [0.1, 0.15) is 60.2 Å². The number of ether oxygens (including phenoxy) is 4. The van der Waals surface area contributed by atoms with Crippen LogP contribution in [0.4, 0.5) is 0 Å². The van der Waals surface area contributed by atoms with Gasteiger partial charge in [-0.3, -0.25) is 9.69 Å². The van der Waals surface area contributed by atoms with E-state index in [0.29, 0.717) is 66.6 Å². The van der Waals surface area contributed by atoms with Crippen molar-refractivity contribution in [3.8, 4) is 11.5 Å². The number of aliphatic carboxylic acids is 1. The van der Waals surface area contributed by atoms with E-state index in [-0.39, 0.29) is 6.61 Å². The largest absolute Gasteiger partial charge is 0.496 e. The van der Waals surface area contributed by atoms with Crippen LogP contribution >= 0.6 is 12.2 Å². The van der Waals surface area contributed by atoms with Crippen LogP contribution in [0.3, 0.4) is 0 Å². The molecule has 1 aromatic carbocycles. The molecule has 1 unspecified atom stereocenters. The Hall–Kier alpha value is -2.49. The number of cyclic esters (lactones) is 1. The van der Waals surface area contributed by atoms with Crippen molar-refractivity contribution >= 4 is 29.2 Å². The molecule has 0 aromatic heterocycles. The number of carboxylic acids is 1. The zero-order valence-corrected chi connectivity index (χ0v) is 21.8. The Balaban J connectivity index is 1.83. The number of carbonyl (C=O) groups is 2. The summed E-state index contributed by atoms with van der Waals surface area (Å²) in [7, 11) is 1.58. The number of nitrogens with zero attached hydrogens (tertiary/aromatic N) is 1. The van der Waals surface area contributed by atoms with Crippen LogP contribution in [-0.4, -0.2) is 67.0 Å². The van der Waals surface area contributed by atoms with E-state index in [0.717, 1.165) is 36.3 Å². The maximum Gasteiger partial charge on any atom is 0.342 e. The highest BCUT2D eigenvalue weighted by Gasteiger charge is 2.33. The predicted octanol–water partition coefficient (Wildman–Crippen LogP) is 4.09. The highest BCUT2D eigenvalue weighted by atomic mass is 32.1. The summed E-state index contributed by atoms with van der Waals surface area (Å²) in [5, 5.41) is 10.2. The summed E-state index contributed by atoms with van der Waals surface area (Å²) in [6.45, 7) is 9.68. The summed E-state index contributed by atoms with van der Waals surface area (Å²) < 4.78 is 22.4. The van der Waals surface area contributed by atoms with Gasteiger partial charge < -0.3 is 24.1 Å². The molecular weight excluding hydrogens is 470 g/mol. The Kier molecular flexibility index (Phi) is 9.65. The zero-order valence-electron chi connectivity index (χ0n) is 21.0. The van der Waals surface area contributed by atoms with E-state index in [9.17, 15) is 14.7 Å². The number of allylic oxidation sites excluding steroid dienone is 2. The predicted molar refractivity (Wildman–Crippen MR) is 135 cm³/mol. The second kappa shape index (κ2) is 12.5. The molecule has 1 fully saturated rings. The number of thiocarbonyl (C=S) groups is 1. The summed E-state index contributed by atoms with van der Waals surface area (Å²) in [5.74, 6) is -0.700. The van der Waals surface area contributed by atoms with Gasteiger partial charge in [-0.1, -0.05) is 18.6 Å². The molecule has 9 heteroatoms. The van der Waals surface area contributed by atoms with E-state index < -0.39 is 17.9 Å². The van der Waals surface area contributed by atoms with Gasteiger partial charge in [0.25, 0.3) is 0 Å². The van der Waals surface area contributed by atoms with Crippen molar-refractivity contribution in [1.29, 1.82) is 0 Å². The first-order chi connectivity index (χ1) is 16.8. The van der Waals surface area contributed by atoms with Gasteiger partial charge in [-0.25, -0.2) is 4.79 Å². The molecule has 0 bridgehead atoms. The molecule has 2 heterocycles. The minimum absolute atomic E-state index is 0.171. The monoisotopic (exact) mass is 505 g/mol. The lowest BCUT2D eigenvalue weighted by Crippen LogP contribution is -2.38. The van der Waals surface area contributed by atoms with Gasteiger partial charge >= 0.3 is 11.9 Å². The zero-order chi connectivity index (χ0) is 25.5. The first-order valence-corrected chi connectivity index (χ1v) is 12.5. The summed E-state index contributed by atoms with van der Waals surface area (Å²) in [6.07, 6.45) is 3.93. The normalized spacial score (nSPS) is 17.0. The quantitative estimate of drug-likeness (QED) is 0.271. The van der Waals surface area contributed by atoms with Crippen LogP contribution in [0.5, 0.6) is 11.5 Å². The van der Waals surface area contributed by atoms with Gasteiger partial charge in [-0.05, 0) is 57.4 Å². The van der Waals surface area contributed by atoms with Crippen LogP contribution in [0.15, 0.2) is 11.6 Å². The van der Waals surface area contributed by atoms with Gasteiger partial charge in [0.15, 0.2) is 5.05 Å². The van der Waals surface area contributed by atoms with E-state index >= 15 is 0 Å². The van der Waals surface area contributed by atoms with Gasteiger partial charge in [0.05, 0.1) is 26.2 Å². The standard InChI is InChI=1S/C26H35NO7S/c1-5-21(35)34-24-19(23(31-4)17(3)20-15-33-26(30)22(20)24)7-6-16(2)14-18(25(28)29)8-9-27-10-12-32-13-11-27/h6,18H,5,7-15H2,1-4H3,(H,28,29). The Morgan fingerprint density at radius 2 is 2.00 bits per heavy atom. The van der Waals surface area contributed by atoms with E-state index in [2.05, 4.69) is 4.90 Å². The van der Waals surface area contributed by atoms with Crippen molar-refractivity contribution in [3.63, 3.8) is 0 Å². The number of fused-ring (bicyclic) bond motifs is 1. The van der Waals surface area contributed by atoms with E-state index in [1.807, 2.05) is 26.8 Å². The van der Waals surface area contributed by atoms with Gasteiger partial charge in [0.2, 0.25) is 0 Å². The molecule has 0 radical (unpaired) electrons. The number of hydrogen-bond acceptors (Lipinski definition) is 8. The average molecular weight is 506 g/mol. The van der Waals surface area contributed by atoms with Crippen molar-refractivity contribution in [3.05, 3.63) is 33.9 Å². The Bertz CT molecular complexity index is 998. The third-order valence-electron chi connectivity index (χ3n) is 6.60. The maximum atomic E-state index is 12.5. The van der Waals surface area contributed by atoms with Gasteiger partial charge in [-0.15, -0.1) is 0 Å². The number of benzene rings is 1. The molecule has 35 heavy (non-hydrogen) atoms. The van der Waals surface area contributed by atoms with E-state index in [1.165, 1.54) is 0 Å². The lowest BCUT2D eigenvalue weighted by Gasteiger charge is -2.27.